The van der Waals surface area contributed by atoms with Crippen LogP contribution in [0.1, 0.15) is 32.3 Å². The fourth-order valence-electron chi connectivity index (χ4n) is 1.74. The second kappa shape index (κ2) is 8.88. The molecule has 0 bridgehead atoms. The lowest BCUT2D eigenvalue weighted by molar-refractivity contribution is 0.290. The molecule has 1 N–H and O–H groups in total. The van der Waals surface area contributed by atoms with E-state index in [2.05, 4.69) is 25.7 Å². The van der Waals surface area contributed by atoms with E-state index in [0.717, 1.165) is 24.9 Å². The first kappa shape index (κ1) is 16.9. The molecule has 4 heteroatoms. The molecule has 1 aromatic rings. The summed E-state index contributed by atoms with van der Waals surface area (Å²) in [6.07, 6.45) is 3.72. The fraction of sp³-hybridized carbons (Fsp3) is 0.500. The van der Waals surface area contributed by atoms with E-state index in [-0.39, 0.29) is 0 Å². The predicted octanol–water partition coefficient (Wildman–Crippen LogP) is 4.19. The number of rotatable bonds is 9. The van der Waals surface area contributed by atoms with E-state index < -0.39 is 0 Å². The lowest BCUT2D eigenvalue weighted by Crippen LogP contribution is -2.21. The zero-order chi connectivity index (χ0) is 15.0. The van der Waals surface area contributed by atoms with Crippen molar-refractivity contribution in [3.05, 3.63) is 35.4 Å². The van der Waals surface area contributed by atoms with Gasteiger partial charge in [-0.05, 0) is 30.5 Å². The number of halogens is 1. The van der Waals surface area contributed by atoms with Crippen LogP contribution in [0.5, 0.6) is 11.5 Å². The molecule has 0 spiro atoms. The number of methoxy groups -OCH3 is 1. The highest BCUT2D eigenvalue weighted by Gasteiger charge is 2.12. The molecular weight excluding hydrogens is 274 g/mol. The van der Waals surface area contributed by atoms with E-state index in [1.54, 1.807) is 7.11 Å². The van der Waals surface area contributed by atoms with Gasteiger partial charge in [-0.3, -0.25) is 0 Å². The molecule has 0 radical (unpaired) electrons. The van der Waals surface area contributed by atoms with Crippen molar-refractivity contribution in [2.75, 3.05) is 13.7 Å². The van der Waals surface area contributed by atoms with Gasteiger partial charge in [0.15, 0.2) is 11.5 Å². The molecule has 20 heavy (non-hydrogen) atoms. The van der Waals surface area contributed by atoms with Crippen LogP contribution >= 0.6 is 11.6 Å². The summed E-state index contributed by atoms with van der Waals surface area (Å²) in [6, 6.07) is 4.31. The Morgan fingerprint density at radius 2 is 2.15 bits per heavy atom. The SMILES string of the molecule is C=CCCCOc1c(Cl)cc(CNC(C)C)cc1OC. The van der Waals surface area contributed by atoms with Gasteiger partial charge in [0.1, 0.15) is 0 Å². The lowest BCUT2D eigenvalue weighted by atomic mass is 10.2. The third kappa shape index (κ3) is 5.43. The van der Waals surface area contributed by atoms with Crippen LogP contribution in [0.15, 0.2) is 24.8 Å². The molecule has 0 atom stereocenters. The molecule has 0 amide bonds. The van der Waals surface area contributed by atoms with Gasteiger partial charge in [-0.15, -0.1) is 6.58 Å². The summed E-state index contributed by atoms with van der Waals surface area (Å²) in [7, 11) is 1.63. The Hall–Kier alpha value is -1.19. The molecule has 112 valence electrons. The number of hydrogen-bond acceptors (Lipinski definition) is 3. The monoisotopic (exact) mass is 297 g/mol. The van der Waals surface area contributed by atoms with Crippen molar-refractivity contribution in [3.8, 4) is 11.5 Å². The van der Waals surface area contributed by atoms with Crippen LogP contribution in [0.4, 0.5) is 0 Å². The van der Waals surface area contributed by atoms with E-state index in [4.69, 9.17) is 21.1 Å². The average Bonchev–Trinajstić information content (AvgIpc) is 2.42. The first-order valence-corrected chi connectivity index (χ1v) is 7.29. The first-order chi connectivity index (χ1) is 9.58. The summed E-state index contributed by atoms with van der Waals surface area (Å²) in [5.74, 6) is 1.29. The van der Waals surface area contributed by atoms with Gasteiger partial charge in [0.05, 0.1) is 18.7 Å². The molecule has 0 saturated heterocycles. The topological polar surface area (TPSA) is 30.5 Å². The maximum atomic E-state index is 6.29. The van der Waals surface area contributed by atoms with Gasteiger partial charge in [0.25, 0.3) is 0 Å². The number of unbranched alkanes of at least 4 members (excludes halogenated alkanes) is 1. The van der Waals surface area contributed by atoms with Crippen LogP contribution in [0.3, 0.4) is 0 Å². The lowest BCUT2D eigenvalue weighted by Gasteiger charge is -2.15. The third-order valence-corrected chi connectivity index (χ3v) is 3.08. The van der Waals surface area contributed by atoms with Crippen molar-refractivity contribution in [2.45, 2.75) is 39.3 Å². The van der Waals surface area contributed by atoms with Crippen molar-refractivity contribution < 1.29 is 9.47 Å². The first-order valence-electron chi connectivity index (χ1n) is 6.92. The summed E-state index contributed by atoms with van der Waals surface area (Å²) in [5.41, 5.74) is 1.08. The fourth-order valence-corrected chi connectivity index (χ4v) is 2.03. The maximum Gasteiger partial charge on any atom is 0.179 e. The van der Waals surface area contributed by atoms with Crippen LogP contribution in [-0.2, 0) is 6.54 Å². The maximum absolute atomic E-state index is 6.29. The van der Waals surface area contributed by atoms with Gasteiger partial charge < -0.3 is 14.8 Å². The molecule has 0 aromatic heterocycles. The Labute approximate surface area is 126 Å². The molecule has 0 aliphatic carbocycles. The quantitative estimate of drug-likeness (QED) is 0.547. The molecule has 0 aliphatic rings. The van der Waals surface area contributed by atoms with Gasteiger partial charge in [0, 0.05) is 12.6 Å². The minimum absolute atomic E-state index is 0.426. The minimum Gasteiger partial charge on any atom is -0.493 e. The van der Waals surface area contributed by atoms with Crippen LogP contribution in [0.2, 0.25) is 5.02 Å². The molecule has 0 saturated carbocycles. The highest BCUT2D eigenvalue weighted by Crippen LogP contribution is 2.36. The van der Waals surface area contributed by atoms with E-state index in [1.165, 1.54) is 0 Å². The van der Waals surface area contributed by atoms with Gasteiger partial charge in [0.2, 0.25) is 0 Å². The second-order valence-electron chi connectivity index (χ2n) is 4.92. The van der Waals surface area contributed by atoms with Crippen LogP contribution in [-0.4, -0.2) is 19.8 Å². The van der Waals surface area contributed by atoms with E-state index in [1.807, 2.05) is 18.2 Å². The minimum atomic E-state index is 0.426. The Kier molecular flexibility index (Phi) is 7.48. The van der Waals surface area contributed by atoms with Crippen molar-refractivity contribution in [1.82, 2.24) is 5.32 Å². The molecule has 1 aromatic carbocycles. The third-order valence-electron chi connectivity index (χ3n) is 2.80. The van der Waals surface area contributed by atoms with E-state index in [9.17, 15) is 0 Å². The van der Waals surface area contributed by atoms with E-state index in [0.29, 0.717) is 29.2 Å². The zero-order valence-electron chi connectivity index (χ0n) is 12.5. The molecule has 0 aliphatic heterocycles. The summed E-state index contributed by atoms with van der Waals surface area (Å²) < 4.78 is 11.1. The smallest absolute Gasteiger partial charge is 0.179 e. The normalized spacial score (nSPS) is 10.7. The van der Waals surface area contributed by atoms with Crippen LogP contribution in [0.25, 0.3) is 0 Å². The summed E-state index contributed by atoms with van der Waals surface area (Å²) in [4.78, 5) is 0. The number of hydrogen-bond donors (Lipinski definition) is 1. The zero-order valence-corrected chi connectivity index (χ0v) is 13.3. The molecule has 0 heterocycles. The Balaban J connectivity index is 2.76. The Morgan fingerprint density at radius 3 is 2.75 bits per heavy atom. The van der Waals surface area contributed by atoms with Crippen molar-refractivity contribution in [3.63, 3.8) is 0 Å². The van der Waals surface area contributed by atoms with Crippen molar-refractivity contribution >= 4 is 11.6 Å². The van der Waals surface area contributed by atoms with Crippen molar-refractivity contribution in [1.29, 1.82) is 0 Å². The highest BCUT2D eigenvalue weighted by atomic mass is 35.5. The van der Waals surface area contributed by atoms with Gasteiger partial charge in [-0.1, -0.05) is 31.5 Å². The summed E-state index contributed by atoms with van der Waals surface area (Å²) in [6.45, 7) is 9.26. The number of allylic oxidation sites excluding steroid dienone is 1. The summed E-state index contributed by atoms with van der Waals surface area (Å²) in [5, 5.41) is 3.94. The number of nitrogens with one attached hydrogen (secondary N) is 1. The summed E-state index contributed by atoms with van der Waals surface area (Å²) >= 11 is 6.29. The second-order valence-corrected chi connectivity index (χ2v) is 5.33. The predicted molar refractivity (Wildman–Crippen MR) is 84.9 cm³/mol. The average molecular weight is 298 g/mol. The molecule has 0 fully saturated rings. The van der Waals surface area contributed by atoms with Crippen LogP contribution in [0, 0.1) is 0 Å². The molecular formula is C16H24ClNO2. The van der Waals surface area contributed by atoms with Crippen LogP contribution < -0.4 is 14.8 Å². The molecule has 1 rings (SSSR count). The van der Waals surface area contributed by atoms with Gasteiger partial charge in [-0.25, -0.2) is 0 Å². The Morgan fingerprint density at radius 1 is 1.40 bits per heavy atom. The number of ether oxygens (including phenoxy) is 2. The van der Waals surface area contributed by atoms with Gasteiger partial charge in [-0.2, -0.15) is 0 Å². The largest absolute Gasteiger partial charge is 0.493 e. The number of benzene rings is 1. The molecule has 0 unspecified atom stereocenters. The van der Waals surface area contributed by atoms with Gasteiger partial charge >= 0.3 is 0 Å². The highest BCUT2D eigenvalue weighted by molar-refractivity contribution is 6.32. The Bertz CT molecular complexity index is 433. The standard InChI is InChI=1S/C16H24ClNO2/c1-5-6-7-8-20-16-14(17)9-13(10-15(16)19-4)11-18-12(2)3/h5,9-10,12,18H,1,6-8,11H2,2-4H3. The molecule has 3 nitrogen and oxygen atoms in total. The van der Waals surface area contributed by atoms with E-state index >= 15 is 0 Å². The van der Waals surface area contributed by atoms with Crippen molar-refractivity contribution in [2.24, 2.45) is 0 Å².